The van der Waals surface area contributed by atoms with Crippen molar-refractivity contribution in [1.29, 1.82) is 0 Å². The summed E-state index contributed by atoms with van der Waals surface area (Å²) in [4.78, 5) is 20.1. The molecule has 382 valence electrons. The van der Waals surface area contributed by atoms with Gasteiger partial charge < -0.3 is 29.3 Å². The molecular formula is C74H45N7O. The second-order valence-corrected chi connectivity index (χ2v) is 21.5. The number of hydrogen-bond donors (Lipinski definition) is 5. The van der Waals surface area contributed by atoms with E-state index in [0.29, 0.717) is 11.8 Å². The largest absolute Gasteiger partial charge is 0.416 e. The summed E-state index contributed by atoms with van der Waals surface area (Å²) in [5, 5.41) is 21.6. The molecule has 0 saturated heterocycles. The summed E-state index contributed by atoms with van der Waals surface area (Å²) in [7, 11) is 0. The Kier molecular flexibility index (Phi) is 9.35. The fourth-order valence-electron chi connectivity index (χ4n) is 13.7. The van der Waals surface area contributed by atoms with Crippen LogP contribution in [0.15, 0.2) is 247 Å². The molecule has 0 fully saturated rings. The van der Waals surface area contributed by atoms with Gasteiger partial charge in [0.2, 0.25) is 11.8 Å². The quantitative estimate of drug-likeness (QED) is 0.109. The predicted octanol–water partition coefficient (Wildman–Crippen LogP) is 19.9. The molecule has 0 bridgehead atoms. The third-order valence-corrected chi connectivity index (χ3v) is 17.2. The van der Waals surface area contributed by atoms with Crippen molar-refractivity contribution in [3.05, 3.63) is 243 Å². The van der Waals surface area contributed by atoms with Gasteiger partial charge in [-0.15, -0.1) is 10.2 Å². The van der Waals surface area contributed by atoms with Crippen molar-refractivity contribution >= 4 is 109 Å². The number of H-pyrrole nitrogens is 5. The maximum atomic E-state index is 7.37. The summed E-state index contributed by atoms with van der Waals surface area (Å²) in [6.45, 7) is 0. The van der Waals surface area contributed by atoms with Gasteiger partial charge in [-0.25, -0.2) is 0 Å². The summed E-state index contributed by atoms with van der Waals surface area (Å²) >= 11 is 0. The zero-order valence-electron chi connectivity index (χ0n) is 43.9. The number of nitrogens with zero attached hydrogens (tertiary/aromatic N) is 2. The van der Waals surface area contributed by atoms with E-state index in [4.69, 9.17) is 14.6 Å². The third kappa shape index (κ3) is 6.37. The van der Waals surface area contributed by atoms with Gasteiger partial charge >= 0.3 is 0 Å². The van der Waals surface area contributed by atoms with E-state index in [0.717, 1.165) is 176 Å². The smallest absolute Gasteiger partial charge is 0.249 e. The fraction of sp³-hybridized carbons (Fsp3) is 0. The van der Waals surface area contributed by atoms with E-state index in [2.05, 4.69) is 237 Å². The van der Waals surface area contributed by atoms with Crippen molar-refractivity contribution in [2.24, 2.45) is 0 Å². The van der Waals surface area contributed by atoms with E-state index in [1.54, 1.807) is 0 Å². The van der Waals surface area contributed by atoms with Gasteiger partial charge in [0.15, 0.2) is 0 Å². The molecule has 0 unspecified atom stereocenters. The number of aromatic nitrogens is 7. The van der Waals surface area contributed by atoms with Crippen LogP contribution in [-0.4, -0.2) is 35.1 Å². The predicted molar refractivity (Wildman–Crippen MR) is 339 cm³/mol. The molecule has 18 aromatic rings. The van der Waals surface area contributed by atoms with Crippen molar-refractivity contribution in [3.8, 4) is 78.5 Å². The molecule has 18 rings (SSSR count). The highest BCUT2D eigenvalue weighted by atomic mass is 16.4. The third-order valence-electron chi connectivity index (χ3n) is 17.2. The first-order valence-corrected chi connectivity index (χ1v) is 27.8. The van der Waals surface area contributed by atoms with Crippen LogP contribution in [-0.2, 0) is 0 Å². The highest BCUT2D eigenvalue weighted by molar-refractivity contribution is 6.28. The molecule has 0 saturated carbocycles. The van der Waals surface area contributed by atoms with Crippen molar-refractivity contribution in [2.75, 3.05) is 0 Å². The molecule has 6 aromatic heterocycles. The Hall–Kier alpha value is -11.2. The Balaban J connectivity index is 1.17. The molecule has 12 aromatic carbocycles. The lowest BCUT2D eigenvalue weighted by Crippen LogP contribution is -2.04. The number of benzene rings is 12. The van der Waals surface area contributed by atoms with Gasteiger partial charge in [0.1, 0.15) is 0 Å². The van der Waals surface area contributed by atoms with Crippen molar-refractivity contribution in [1.82, 2.24) is 35.1 Å². The minimum absolute atomic E-state index is 0.385. The van der Waals surface area contributed by atoms with Crippen LogP contribution in [0.3, 0.4) is 0 Å². The van der Waals surface area contributed by atoms with Crippen LogP contribution < -0.4 is 0 Å². The number of aromatic amines is 5. The molecule has 0 atom stereocenters. The van der Waals surface area contributed by atoms with E-state index in [9.17, 15) is 0 Å². The van der Waals surface area contributed by atoms with Gasteiger partial charge in [-0.3, -0.25) is 0 Å². The summed E-state index contributed by atoms with van der Waals surface area (Å²) in [6, 6.07) is 87.0. The highest BCUT2D eigenvalue weighted by Crippen LogP contribution is 2.60. The highest BCUT2D eigenvalue weighted by Gasteiger charge is 2.36. The van der Waals surface area contributed by atoms with Crippen LogP contribution in [0, 0.1) is 0 Å². The summed E-state index contributed by atoms with van der Waals surface area (Å²) < 4.78 is 7.37. The van der Waals surface area contributed by atoms with Crippen LogP contribution in [0.4, 0.5) is 0 Å². The maximum absolute atomic E-state index is 7.37. The molecule has 0 aliphatic rings. The Labute approximate surface area is 467 Å². The standard InChI is InChI=1S/C74H45N7O/c1-2-19-41(20-3-1)73-80-81-74(82-73)67-65(55-34-17-29-50-45-24-7-12-39-60(45)78-71(50)55)63(53-32-15-27-48-43-22-5-10-37-58(43)76-69(48)53)62(52-31-14-26-47-42-21-4-9-36-57(42)75-68(47)52)64(54-33-16-28-49-44-23-6-11-38-59(44)77-70(49)54)66(67)56-35-18-30-51-46-25-8-13-40-61(46)79-72(51)56/h1-40,75-79H. The lowest BCUT2D eigenvalue weighted by atomic mass is 9.74. The zero-order chi connectivity index (χ0) is 53.6. The Morgan fingerprint density at radius 3 is 0.756 bits per heavy atom. The topological polar surface area (TPSA) is 118 Å². The van der Waals surface area contributed by atoms with Crippen LogP contribution in [0.2, 0.25) is 0 Å². The van der Waals surface area contributed by atoms with Gasteiger partial charge in [0, 0.05) is 143 Å². The van der Waals surface area contributed by atoms with Crippen molar-refractivity contribution in [2.45, 2.75) is 0 Å². The first-order valence-electron chi connectivity index (χ1n) is 27.8. The molecule has 82 heavy (non-hydrogen) atoms. The zero-order valence-corrected chi connectivity index (χ0v) is 43.9. The SMILES string of the molecule is c1ccc(-c2nnc(-c3c(-c4cccc5c4[nH]c4ccccc45)c(-c4cccc5c4[nH]c4ccccc45)c(-c4cccc5c4[nH]c4ccccc45)c(-c4cccc5c4[nH]c4ccccc45)c3-c3cccc4c3[nH]c3ccccc34)o2)cc1. The monoisotopic (exact) mass is 1050 g/mol. The minimum Gasteiger partial charge on any atom is -0.416 e. The molecule has 6 heterocycles. The number of nitrogens with one attached hydrogen (secondary N) is 5. The lowest BCUT2D eigenvalue weighted by molar-refractivity contribution is 0.585. The van der Waals surface area contributed by atoms with Gasteiger partial charge in [-0.05, 0) is 42.5 Å². The molecule has 0 radical (unpaired) electrons. The Morgan fingerprint density at radius 1 is 0.207 bits per heavy atom. The first-order chi connectivity index (χ1) is 40.7. The lowest BCUT2D eigenvalue weighted by Gasteiger charge is -2.28. The van der Waals surface area contributed by atoms with Crippen LogP contribution in [0.1, 0.15) is 0 Å². The average Bonchev–Trinajstić information content (AvgIpc) is 2.87. The Bertz CT molecular complexity index is 5410. The van der Waals surface area contributed by atoms with E-state index in [-0.39, 0.29) is 0 Å². The van der Waals surface area contributed by atoms with E-state index >= 15 is 0 Å². The van der Waals surface area contributed by atoms with Gasteiger partial charge in [0.05, 0.1) is 33.1 Å². The summed E-state index contributed by atoms with van der Waals surface area (Å²) in [5.74, 6) is 0.807. The number of rotatable bonds is 7. The second-order valence-electron chi connectivity index (χ2n) is 21.5. The fourth-order valence-corrected chi connectivity index (χ4v) is 13.7. The number of para-hydroxylation sites is 10. The Morgan fingerprint density at radius 2 is 0.451 bits per heavy atom. The molecule has 8 heteroatoms. The van der Waals surface area contributed by atoms with E-state index in [1.807, 2.05) is 30.3 Å². The van der Waals surface area contributed by atoms with Gasteiger partial charge in [-0.2, -0.15) is 0 Å². The van der Waals surface area contributed by atoms with Gasteiger partial charge in [-0.1, -0.05) is 200 Å². The molecule has 0 amide bonds. The van der Waals surface area contributed by atoms with E-state index < -0.39 is 0 Å². The molecule has 0 spiro atoms. The van der Waals surface area contributed by atoms with Crippen molar-refractivity contribution in [3.63, 3.8) is 0 Å². The first kappa shape index (κ1) is 44.7. The molecule has 0 aliphatic heterocycles. The second kappa shape index (κ2) is 17.1. The molecular weight excluding hydrogens is 1000 g/mol. The molecule has 8 nitrogen and oxygen atoms in total. The summed E-state index contributed by atoms with van der Waals surface area (Å²) in [6.07, 6.45) is 0. The summed E-state index contributed by atoms with van der Waals surface area (Å²) in [5.41, 5.74) is 21.9. The average molecular weight is 1050 g/mol. The van der Waals surface area contributed by atoms with Gasteiger partial charge in [0.25, 0.3) is 0 Å². The molecule has 0 aliphatic carbocycles. The number of hydrogen-bond acceptors (Lipinski definition) is 3. The van der Waals surface area contributed by atoms with Crippen LogP contribution in [0.5, 0.6) is 0 Å². The normalized spacial score (nSPS) is 12.1. The minimum atomic E-state index is 0.385. The van der Waals surface area contributed by atoms with E-state index in [1.165, 1.54) is 0 Å². The number of fused-ring (bicyclic) bond motifs is 15. The maximum Gasteiger partial charge on any atom is 0.249 e. The van der Waals surface area contributed by atoms with Crippen molar-refractivity contribution < 1.29 is 4.42 Å². The van der Waals surface area contributed by atoms with Crippen LogP contribution >= 0.6 is 0 Å². The van der Waals surface area contributed by atoms with Crippen LogP contribution in [0.25, 0.3) is 188 Å². The molecule has 5 N–H and O–H groups in total.